The lowest BCUT2D eigenvalue weighted by molar-refractivity contribution is 0.229. The zero-order valence-corrected chi connectivity index (χ0v) is 8.90. The minimum atomic E-state index is -1.26. The molecule has 0 aliphatic rings. The Labute approximate surface area is 65.9 Å². The van der Waals surface area contributed by atoms with E-state index < -0.39 is 8.32 Å². The minimum absolute atomic E-state index is 0.413. The molecular formula is C8H20OSi. The third kappa shape index (κ3) is 3.37. The van der Waals surface area contributed by atoms with E-state index in [1.807, 2.05) is 0 Å². The van der Waals surface area contributed by atoms with Crippen molar-refractivity contribution in [2.24, 2.45) is 0 Å². The van der Waals surface area contributed by atoms with Crippen LogP contribution >= 0.6 is 0 Å². The lowest BCUT2D eigenvalue weighted by Gasteiger charge is -2.26. The zero-order chi connectivity index (χ0) is 8.20. The van der Waals surface area contributed by atoms with Gasteiger partial charge in [0.2, 0.25) is 0 Å². The predicted octanol–water partition coefficient (Wildman–Crippen LogP) is 3.03. The van der Waals surface area contributed by atoms with Crippen molar-refractivity contribution in [1.82, 2.24) is 0 Å². The van der Waals surface area contributed by atoms with Gasteiger partial charge in [-0.1, -0.05) is 13.8 Å². The van der Waals surface area contributed by atoms with Gasteiger partial charge in [0.05, 0.1) is 0 Å². The van der Waals surface area contributed by atoms with Crippen molar-refractivity contribution in [3.63, 3.8) is 0 Å². The van der Waals surface area contributed by atoms with Gasteiger partial charge in [-0.25, -0.2) is 0 Å². The van der Waals surface area contributed by atoms with Gasteiger partial charge in [-0.3, -0.25) is 0 Å². The summed E-state index contributed by atoms with van der Waals surface area (Å²) in [5.41, 5.74) is 0. The first-order valence-electron chi connectivity index (χ1n) is 4.22. The van der Waals surface area contributed by atoms with Crippen LogP contribution < -0.4 is 0 Å². The highest BCUT2D eigenvalue weighted by molar-refractivity contribution is 6.72. The van der Waals surface area contributed by atoms with Gasteiger partial charge in [0, 0.05) is 6.10 Å². The summed E-state index contributed by atoms with van der Waals surface area (Å²) < 4.78 is 5.88. The van der Waals surface area contributed by atoms with E-state index in [4.69, 9.17) is 4.43 Å². The molecular weight excluding hydrogens is 140 g/mol. The molecule has 0 aromatic rings. The summed E-state index contributed by atoms with van der Waals surface area (Å²) in [6.45, 7) is 11.0. The molecule has 0 rings (SSSR count). The topological polar surface area (TPSA) is 9.23 Å². The Morgan fingerprint density at radius 1 is 1.20 bits per heavy atom. The molecule has 2 heteroatoms. The molecule has 10 heavy (non-hydrogen) atoms. The summed E-state index contributed by atoms with van der Waals surface area (Å²) in [4.78, 5) is 0. The molecule has 0 aliphatic carbocycles. The third-order valence-electron chi connectivity index (χ3n) is 2.02. The highest BCUT2D eigenvalue weighted by atomic mass is 28.4. The van der Waals surface area contributed by atoms with Crippen molar-refractivity contribution in [2.75, 3.05) is 0 Å². The van der Waals surface area contributed by atoms with Gasteiger partial charge in [0.1, 0.15) is 0 Å². The van der Waals surface area contributed by atoms with Crippen LogP contribution in [0, 0.1) is 0 Å². The van der Waals surface area contributed by atoms with Gasteiger partial charge < -0.3 is 4.43 Å². The fourth-order valence-electron chi connectivity index (χ4n) is 0.986. The average molecular weight is 160 g/mol. The van der Waals surface area contributed by atoms with Crippen molar-refractivity contribution < 1.29 is 4.43 Å². The van der Waals surface area contributed by atoms with Gasteiger partial charge in [-0.2, -0.15) is 0 Å². The summed E-state index contributed by atoms with van der Waals surface area (Å²) >= 11 is 0. The number of hydrogen-bond donors (Lipinski definition) is 0. The van der Waals surface area contributed by atoms with Crippen molar-refractivity contribution in [3.05, 3.63) is 0 Å². The van der Waals surface area contributed by atoms with Crippen molar-refractivity contribution in [1.29, 1.82) is 0 Å². The molecule has 0 N–H and O–H groups in total. The SMILES string of the molecule is CC[Si](C)(CC)OC(C)C. The fourth-order valence-corrected chi connectivity index (χ4v) is 2.96. The summed E-state index contributed by atoms with van der Waals surface area (Å²) in [7, 11) is -1.26. The second kappa shape index (κ2) is 4.14. The summed E-state index contributed by atoms with van der Waals surface area (Å²) in [5.74, 6) is 0. The molecule has 0 fully saturated rings. The lowest BCUT2D eigenvalue weighted by atomic mass is 10.5. The Morgan fingerprint density at radius 3 is 1.70 bits per heavy atom. The quantitative estimate of drug-likeness (QED) is 0.574. The molecule has 0 radical (unpaired) electrons. The molecule has 0 aromatic carbocycles. The molecule has 0 saturated heterocycles. The van der Waals surface area contributed by atoms with E-state index in [1.54, 1.807) is 0 Å². The van der Waals surface area contributed by atoms with Gasteiger partial charge in [-0.05, 0) is 32.5 Å². The van der Waals surface area contributed by atoms with Crippen LogP contribution in [0.3, 0.4) is 0 Å². The van der Waals surface area contributed by atoms with Gasteiger partial charge in [0.25, 0.3) is 0 Å². The largest absolute Gasteiger partial charge is 0.415 e. The third-order valence-corrected chi connectivity index (χ3v) is 6.05. The first kappa shape index (κ1) is 10.2. The van der Waals surface area contributed by atoms with E-state index in [0.29, 0.717) is 6.10 Å². The van der Waals surface area contributed by atoms with E-state index in [-0.39, 0.29) is 0 Å². The molecule has 0 heterocycles. The summed E-state index contributed by atoms with van der Waals surface area (Å²) in [6.07, 6.45) is 0.413. The standard InChI is InChI=1S/C8H20OSi/c1-6-10(5,7-2)9-8(3)4/h8H,6-7H2,1-5H3. The van der Waals surface area contributed by atoms with Crippen LogP contribution in [0.2, 0.25) is 18.6 Å². The monoisotopic (exact) mass is 160 g/mol. The second-order valence-electron chi connectivity index (χ2n) is 3.32. The molecule has 62 valence electrons. The van der Waals surface area contributed by atoms with Crippen molar-refractivity contribution in [2.45, 2.75) is 52.4 Å². The molecule has 0 aromatic heterocycles. The molecule has 1 nitrogen and oxygen atoms in total. The zero-order valence-electron chi connectivity index (χ0n) is 7.90. The first-order chi connectivity index (χ1) is 4.54. The molecule has 0 atom stereocenters. The van der Waals surface area contributed by atoms with E-state index in [0.717, 1.165) is 0 Å². The van der Waals surface area contributed by atoms with Gasteiger partial charge in [-0.15, -0.1) is 0 Å². The Hall–Kier alpha value is 0.177. The van der Waals surface area contributed by atoms with Crippen LogP contribution in [0.1, 0.15) is 27.7 Å². The van der Waals surface area contributed by atoms with Gasteiger partial charge in [0.15, 0.2) is 8.32 Å². The van der Waals surface area contributed by atoms with Crippen LogP contribution in [0.5, 0.6) is 0 Å². The molecule has 0 spiro atoms. The Morgan fingerprint density at radius 2 is 1.60 bits per heavy atom. The van der Waals surface area contributed by atoms with E-state index in [2.05, 4.69) is 34.2 Å². The van der Waals surface area contributed by atoms with E-state index in [9.17, 15) is 0 Å². The van der Waals surface area contributed by atoms with Crippen molar-refractivity contribution in [3.8, 4) is 0 Å². The Balaban J connectivity index is 3.80. The maximum absolute atomic E-state index is 5.88. The Bertz CT molecular complexity index is 87.3. The highest BCUT2D eigenvalue weighted by Crippen LogP contribution is 2.17. The molecule has 0 bridgehead atoms. The highest BCUT2D eigenvalue weighted by Gasteiger charge is 2.24. The summed E-state index contributed by atoms with van der Waals surface area (Å²) in [5, 5.41) is 0. The number of hydrogen-bond acceptors (Lipinski definition) is 1. The van der Waals surface area contributed by atoms with Crippen LogP contribution in [-0.4, -0.2) is 14.4 Å². The van der Waals surface area contributed by atoms with Crippen LogP contribution in [-0.2, 0) is 4.43 Å². The summed E-state index contributed by atoms with van der Waals surface area (Å²) in [6, 6.07) is 2.48. The van der Waals surface area contributed by atoms with Crippen LogP contribution in [0.25, 0.3) is 0 Å². The normalized spacial score (nSPS) is 12.6. The van der Waals surface area contributed by atoms with E-state index >= 15 is 0 Å². The first-order valence-corrected chi connectivity index (χ1v) is 7.04. The van der Waals surface area contributed by atoms with Crippen LogP contribution in [0.15, 0.2) is 0 Å². The Kier molecular flexibility index (Phi) is 4.21. The fraction of sp³-hybridized carbons (Fsp3) is 1.00. The lowest BCUT2D eigenvalue weighted by Crippen LogP contribution is -2.35. The van der Waals surface area contributed by atoms with Crippen LogP contribution in [0.4, 0.5) is 0 Å². The maximum atomic E-state index is 5.88. The molecule has 0 unspecified atom stereocenters. The van der Waals surface area contributed by atoms with E-state index in [1.165, 1.54) is 12.1 Å². The minimum Gasteiger partial charge on any atom is -0.415 e. The second-order valence-corrected chi connectivity index (χ2v) is 7.87. The smallest absolute Gasteiger partial charge is 0.189 e. The molecule has 0 aliphatic heterocycles. The molecule has 0 amide bonds. The average Bonchev–Trinajstić information content (AvgIpc) is 1.87. The predicted molar refractivity (Wildman–Crippen MR) is 48.8 cm³/mol. The molecule has 0 saturated carbocycles. The van der Waals surface area contributed by atoms with Crippen molar-refractivity contribution >= 4 is 8.32 Å². The number of rotatable bonds is 4. The van der Waals surface area contributed by atoms with Gasteiger partial charge >= 0.3 is 0 Å². The maximum Gasteiger partial charge on any atom is 0.189 e.